The summed E-state index contributed by atoms with van der Waals surface area (Å²) in [4.78, 5) is 31.6. The minimum atomic E-state index is -0.411. The quantitative estimate of drug-likeness (QED) is 0.383. The Bertz CT molecular complexity index is 614. The first kappa shape index (κ1) is 18.2. The van der Waals surface area contributed by atoms with E-state index in [0.29, 0.717) is 29.7 Å². The van der Waals surface area contributed by atoms with E-state index in [1.807, 2.05) is 0 Å². The van der Waals surface area contributed by atoms with Crippen LogP contribution in [-0.2, 0) is 9.47 Å². The number of thiazole rings is 2. The van der Waals surface area contributed by atoms with Crippen molar-refractivity contribution in [2.45, 2.75) is 22.3 Å². The number of thioether (sulfide) groups is 2. The van der Waals surface area contributed by atoms with Crippen molar-refractivity contribution in [1.82, 2.24) is 9.97 Å². The van der Waals surface area contributed by atoms with E-state index in [0.717, 1.165) is 8.42 Å². The summed E-state index contributed by atoms with van der Waals surface area (Å²) in [6, 6.07) is 0. The van der Waals surface area contributed by atoms with Crippen LogP contribution >= 0.6 is 46.2 Å². The fraction of sp³-hybridized carbons (Fsp3) is 0.385. The van der Waals surface area contributed by atoms with Crippen LogP contribution in [0.3, 0.4) is 0 Å². The van der Waals surface area contributed by atoms with E-state index in [2.05, 4.69) is 9.97 Å². The first-order chi connectivity index (χ1) is 11.2. The van der Waals surface area contributed by atoms with Gasteiger partial charge in [-0.2, -0.15) is 0 Å². The van der Waals surface area contributed by atoms with Crippen molar-refractivity contribution in [2.24, 2.45) is 0 Å². The summed E-state index contributed by atoms with van der Waals surface area (Å²) in [7, 11) is 0. The SMILES string of the molecule is CCOC(=O)c1ncsc1SCSc1scnc1C(=O)OCC. The molecule has 0 saturated carbocycles. The zero-order valence-electron chi connectivity index (χ0n) is 12.4. The highest BCUT2D eigenvalue weighted by Crippen LogP contribution is 2.35. The zero-order valence-corrected chi connectivity index (χ0v) is 15.7. The Morgan fingerprint density at radius 2 is 1.39 bits per heavy atom. The van der Waals surface area contributed by atoms with E-state index in [-0.39, 0.29) is 0 Å². The van der Waals surface area contributed by atoms with Gasteiger partial charge in [-0.25, -0.2) is 19.6 Å². The number of esters is 2. The fourth-order valence-corrected chi connectivity index (χ4v) is 5.79. The van der Waals surface area contributed by atoms with Gasteiger partial charge in [0, 0.05) is 0 Å². The maximum Gasteiger partial charge on any atom is 0.358 e. The molecule has 0 radical (unpaired) electrons. The molecule has 0 bridgehead atoms. The lowest BCUT2D eigenvalue weighted by Crippen LogP contribution is -2.06. The molecule has 0 saturated heterocycles. The summed E-state index contributed by atoms with van der Waals surface area (Å²) >= 11 is 5.76. The largest absolute Gasteiger partial charge is 0.461 e. The van der Waals surface area contributed by atoms with Crippen LogP contribution in [0.1, 0.15) is 34.8 Å². The first-order valence-electron chi connectivity index (χ1n) is 6.64. The third-order valence-electron chi connectivity index (χ3n) is 2.39. The predicted molar refractivity (Wildman–Crippen MR) is 92.7 cm³/mol. The summed E-state index contributed by atoms with van der Waals surface area (Å²) in [5.41, 5.74) is 3.93. The van der Waals surface area contributed by atoms with Gasteiger partial charge in [0.25, 0.3) is 0 Å². The van der Waals surface area contributed by atoms with E-state index in [1.54, 1.807) is 24.9 Å². The second kappa shape index (κ2) is 9.26. The number of aromatic nitrogens is 2. The van der Waals surface area contributed by atoms with Crippen LogP contribution in [0, 0.1) is 0 Å². The van der Waals surface area contributed by atoms with Crippen LogP contribution in [0.15, 0.2) is 19.4 Å². The van der Waals surface area contributed by atoms with Crippen molar-refractivity contribution in [1.29, 1.82) is 0 Å². The van der Waals surface area contributed by atoms with Crippen LogP contribution in [-0.4, -0.2) is 40.2 Å². The molecule has 10 heteroatoms. The molecule has 0 fully saturated rings. The maximum absolute atomic E-state index is 11.8. The number of hydrogen-bond acceptors (Lipinski definition) is 10. The average molecular weight is 391 g/mol. The number of hydrogen-bond donors (Lipinski definition) is 0. The molecule has 2 aromatic rings. The average Bonchev–Trinajstić information content (AvgIpc) is 3.17. The Hall–Kier alpha value is -1.10. The van der Waals surface area contributed by atoms with Gasteiger partial charge in [0.15, 0.2) is 11.4 Å². The smallest absolute Gasteiger partial charge is 0.358 e. The molecule has 23 heavy (non-hydrogen) atoms. The number of ether oxygens (including phenoxy) is 2. The topological polar surface area (TPSA) is 78.4 Å². The second-order valence-corrected chi connectivity index (χ2v) is 8.39. The molecule has 0 aliphatic carbocycles. The standard InChI is InChI=1S/C13H14N2O4S4/c1-3-18-10(16)8-12(20-5-14-8)22-7-23-13-9(15-6-21-13)11(17)19-4-2/h5-6H,3-4,7H2,1-2H3. The number of nitrogens with zero attached hydrogens (tertiary/aromatic N) is 2. The highest BCUT2D eigenvalue weighted by molar-refractivity contribution is 8.17. The number of rotatable bonds is 8. The van der Waals surface area contributed by atoms with Gasteiger partial charge in [-0.1, -0.05) is 0 Å². The summed E-state index contributed by atoms with van der Waals surface area (Å²) in [5.74, 6) is -0.822. The van der Waals surface area contributed by atoms with Crippen molar-refractivity contribution in [2.75, 3.05) is 18.3 Å². The lowest BCUT2D eigenvalue weighted by Gasteiger charge is -2.03. The summed E-state index contributed by atoms with van der Waals surface area (Å²) < 4.78 is 11.6. The van der Waals surface area contributed by atoms with Crippen molar-refractivity contribution in [3.05, 3.63) is 22.4 Å². The van der Waals surface area contributed by atoms with Crippen molar-refractivity contribution < 1.29 is 19.1 Å². The van der Waals surface area contributed by atoms with E-state index in [9.17, 15) is 9.59 Å². The van der Waals surface area contributed by atoms with Gasteiger partial charge < -0.3 is 9.47 Å². The lowest BCUT2D eigenvalue weighted by molar-refractivity contribution is 0.0507. The Labute approximate surface area is 150 Å². The Balaban J connectivity index is 1.94. The zero-order chi connectivity index (χ0) is 16.7. The molecule has 0 unspecified atom stereocenters. The van der Waals surface area contributed by atoms with Crippen LogP contribution < -0.4 is 0 Å². The third kappa shape index (κ3) is 4.93. The van der Waals surface area contributed by atoms with Gasteiger partial charge in [0.2, 0.25) is 0 Å². The molecule has 2 heterocycles. The second-order valence-electron chi connectivity index (χ2n) is 3.82. The normalized spacial score (nSPS) is 10.5. The summed E-state index contributed by atoms with van der Waals surface area (Å²) in [6.07, 6.45) is 0. The molecule has 2 rings (SSSR count). The highest BCUT2D eigenvalue weighted by atomic mass is 32.2. The van der Waals surface area contributed by atoms with Crippen LogP contribution in [0.25, 0.3) is 0 Å². The van der Waals surface area contributed by atoms with Gasteiger partial charge in [-0.15, -0.1) is 46.2 Å². The first-order valence-corrected chi connectivity index (χ1v) is 10.4. The van der Waals surface area contributed by atoms with E-state index >= 15 is 0 Å². The Kier molecular flexibility index (Phi) is 7.34. The molecule has 0 atom stereocenters. The van der Waals surface area contributed by atoms with Gasteiger partial charge in [0.05, 0.1) is 37.7 Å². The lowest BCUT2D eigenvalue weighted by atomic mass is 10.5. The van der Waals surface area contributed by atoms with E-state index in [1.165, 1.54) is 46.2 Å². The molecule has 2 aromatic heterocycles. The predicted octanol–water partition coefficient (Wildman–Crippen LogP) is 3.79. The molecule has 0 amide bonds. The van der Waals surface area contributed by atoms with Crippen molar-refractivity contribution in [3.63, 3.8) is 0 Å². The molecule has 0 aromatic carbocycles. The molecular weight excluding hydrogens is 376 g/mol. The fourth-order valence-electron chi connectivity index (χ4n) is 1.48. The third-order valence-corrected chi connectivity index (χ3v) is 6.76. The molecular formula is C13H14N2O4S4. The Morgan fingerprint density at radius 1 is 0.957 bits per heavy atom. The molecule has 124 valence electrons. The molecule has 0 spiro atoms. The maximum atomic E-state index is 11.8. The van der Waals surface area contributed by atoms with E-state index < -0.39 is 11.9 Å². The van der Waals surface area contributed by atoms with Crippen molar-refractivity contribution in [3.8, 4) is 0 Å². The summed E-state index contributed by atoms with van der Waals surface area (Å²) in [6.45, 7) is 4.15. The van der Waals surface area contributed by atoms with Gasteiger partial charge >= 0.3 is 11.9 Å². The van der Waals surface area contributed by atoms with Crippen LogP contribution in [0.5, 0.6) is 0 Å². The van der Waals surface area contributed by atoms with Crippen LogP contribution in [0.4, 0.5) is 0 Å². The van der Waals surface area contributed by atoms with Gasteiger partial charge in [0.1, 0.15) is 0 Å². The monoisotopic (exact) mass is 390 g/mol. The number of carbonyl (C=O) groups is 2. The van der Waals surface area contributed by atoms with Gasteiger partial charge in [-0.05, 0) is 13.8 Å². The summed E-state index contributed by atoms with van der Waals surface area (Å²) in [5, 5.41) is 0.628. The van der Waals surface area contributed by atoms with E-state index in [4.69, 9.17) is 9.47 Å². The molecule has 0 N–H and O–H groups in total. The van der Waals surface area contributed by atoms with Gasteiger partial charge in [-0.3, -0.25) is 0 Å². The molecule has 0 aliphatic heterocycles. The van der Waals surface area contributed by atoms with Crippen molar-refractivity contribution >= 4 is 58.1 Å². The number of carbonyl (C=O) groups excluding carboxylic acids is 2. The molecule has 6 nitrogen and oxygen atoms in total. The Morgan fingerprint density at radius 3 is 1.78 bits per heavy atom. The minimum absolute atomic E-state index is 0.318. The highest BCUT2D eigenvalue weighted by Gasteiger charge is 2.19. The minimum Gasteiger partial charge on any atom is -0.461 e. The van der Waals surface area contributed by atoms with Crippen LogP contribution in [0.2, 0.25) is 0 Å². The molecule has 0 aliphatic rings.